The van der Waals surface area contributed by atoms with Crippen LogP contribution in [0.4, 0.5) is 0 Å². The average Bonchev–Trinajstić information content (AvgIpc) is 3.34. The van der Waals surface area contributed by atoms with E-state index in [0.717, 1.165) is 103 Å². The molecule has 0 bridgehead atoms. The SMILES string of the molecule is CC/C=C\C/C=C\C/C=C\C/C=C\C/C=C\C/C=C\CCC(=O)OCC(COC(=O)CCCCCCC/C=C\C/C=C\CCCC)OC(=O)CCCCCCCCCCCCCCCCCCC. The Balaban J connectivity index is 4.50. The number of carbonyl (C=O) groups is 3. The van der Waals surface area contributed by atoms with Crippen molar-refractivity contribution in [1.29, 1.82) is 0 Å². The third kappa shape index (κ3) is 53.3. The predicted molar refractivity (Wildman–Crippen MR) is 293 cm³/mol. The zero-order valence-corrected chi connectivity index (χ0v) is 44.3. The maximum atomic E-state index is 12.8. The second-order valence-corrected chi connectivity index (χ2v) is 18.5. The fourth-order valence-electron chi connectivity index (χ4n) is 7.60. The Labute approximate surface area is 419 Å². The quantitative estimate of drug-likeness (QED) is 0.0262. The first-order chi connectivity index (χ1) is 33.5. The first kappa shape index (κ1) is 64.3. The molecule has 0 aromatic carbocycles. The molecule has 0 amide bonds. The van der Waals surface area contributed by atoms with Gasteiger partial charge in [0.05, 0.1) is 0 Å². The lowest BCUT2D eigenvalue weighted by molar-refractivity contribution is -0.166. The van der Waals surface area contributed by atoms with Gasteiger partial charge >= 0.3 is 17.9 Å². The second kappa shape index (κ2) is 55.9. The Morgan fingerprint density at radius 2 is 0.618 bits per heavy atom. The number of unbranched alkanes of at least 4 members (excludes halogenated alkanes) is 23. The molecule has 0 aliphatic heterocycles. The van der Waals surface area contributed by atoms with Crippen LogP contribution in [0.2, 0.25) is 0 Å². The summed E-state index contributed by atoms with van der Waals surface area (Å²) in [6, 6.07) is 0. The normalized spacial score (nSPS) is 12.8. The topological polar surface area (TPSA) is 78.9 Å². The summed E-state index contributed by atoms with van der Waals surface area (Å²) in [5, 5.41) is 0. The van der Waals surface area contributed by atoms with Crippen LogP contribution in [0, 0.1) is 0 Å². The van der Waals surface area contributed by atoms with Gasteiger partial charge in [-0.3, -0.25) is 14.4 Å². The Morgan fingerprint density at radius 3 is 1.03 bits per heavy atom. The maximum Gasteiger partial charge on any atom is 0.306 e. The smallest absolute Gasteiger partial charge is 0.306 e. The van der Waals surface area contributed by atoms with Crippen molar-refractivity contribution in [3.8, 4) is 0 Å². The lowest BCUT2D eigenvalue weighted by Gasteiger charge is -2.18. The minimum Gasteiger partial charge on any atom is -0.462 e. The van der Waals surface area contributed by atoms with E-state index >= 15 is 0 Å². The van der Waals surface area contributed by atoms with E-state index in [0.29, 0.717) is 19.3 Å². The van der Waals surface area contributed by atoms with Crippen molar-refractivity contribution in [1.82, 2.24) is 0 Å². The Kier molecular flexibility index (Phi) is 52.9. The van der Waals surface area contributed by atoms with Gasteiger partial charge in [-0.05, 0) is 83.5 Å². The van der Waals surface area contributed by atoms with Crippen LogP contribution < -0.4 is 0 Å². The van der Waals surface area contributed by atoms with Gasteiger partial charge in [-0.25, -0.2) is 0 Å². The van der Waals surface area contributed by atoms with Crippen LogP contribution >= 0.6 is 0 Å². The van der Waals surface area contributed by atoms with Gasteiger partial charge in [0.1, 0.15) is 13.2 Å². The highest BCUT2D eigenvalue weighted by Crippen LogP contribution is 2.15. The van der Waals surface area contributed by atoms with E-state index in [-0.39, 0.29) is 37.5 Å². The molecular weight excluding hydrogens is 841 g/mol. The lowest BCUT2D eigenvalue weighted by Crippen LogP contribution is -2.30. The lowest BCUT2D eigenvalue weighted by atomic mass is 10.0. The summed E-state index contributed by atoms with van der Waals surface area (Å²) in [6.45, 7) is 6.42. The van der Waals surface area contributed by atoms with Crippen molar-refractivity contribution < 1.29 is 28.6 Å². The minimum atomic E-state index is -0.813. The second-order valence-electron chi connectivity index (χ2n) is 18.5. The molecule has 0 aliphatic rings. The molecule has 1 unspecified atom stereocenters. The van der Waals surface area contributed by atoms with E-state index in [2.05, 4.69) is 112 Å². The van der Waals surface area contributed by atoms with Gasteiger partial charge in [-0.1, -0.05) is 253 Å². The summed E-state index contributed by atoms with van der Waals surface area (Å²) in [6.07, 6.45) is 74.0. The minimum absolute atomic E-state index is 0.107. The molecule has 0 fully saturated rings. The number of carbonyl (C=O) groups excluding carboxylic acids is 3. The zero-order chi connectivity index (χ0) is 49.3. The molecule has 0 rings (SSSR count). The molecule has 388 valence electrons. The largest absolute Gasteiger partial charge is 0.462 e. The number of allylic oxidation sites excluding steroid dienone is 16. The highest BCUT2D eigenvalue weighted by molar-refractivity contribution is 5.71. The van der Waals surface area contributed by atoms with Crippen molar-refractivity contribution in [2.75, 3.05) is 13.2 Å². The van der Waals surface area contributed by atoms with Crippen molar-refractivity contribution in [2.24, 2.45) is 0 Å². The molecule has 1 atom stereocenters. The molecular formula is C62H104O6. The Morgan fingerprint density at radius 1 is 0.309 bits per heavy atom. The Bertz CT molecular complexity index is 1360. The van der Waals surface area contributed by atoms with Crippen molar-refractivity contribution in [3.63, 3.8) is 0 Å². The van der Waals surface area contributed by atoms with Crippen LogP contribution in [0.1, 0.15) is 258 Å². The molecule has 0 spiro atoms. The van der Waals surface area contributed by atoms with Gasteiger partial charge in [0.15, 0.2) is 6.10 Å². The fourth-order valence-corrected chi connectivity index (χ4v) is 7.60. The highest BCUT2D eigenvalue weighted by Gasteiger charge is 2.19. The van der Waals surface area contributed by atoms with Crippen molar-refractivity contribution in [3.05, 3.63) is 97.2 Å². The van der Waals surface area contributed by atoms with Gasteiger partial charge < -0.3 is 14.2 Å². The van der Waals surface area contributed by atoms with Gasteiger partial charge in [0.2, 0.25) is 0 Å². The molecule has 0 radical (unpaired) electrons. The first-order valence-electron chi connectivity index (χ1n) is 28.2. The number of hydrogen-bond acceptors (Lipinski definition) is 6. The number of hydrogen-bond donors (Lipinski definition) is 0. The summed E-state index contributed by atoms with van der Waals surface area (Å²) in [7, 11) is 0. The molecule has 6 heteroatoms. The third-order valence-electron chi connectivity index (χ3n) is 11.8. The zero-order valence-electron chi connectivity index (χ0n) is 44.3. The molecule has 0 saturated heterocycles. The molecule has 0 N–H and O–H groups in total. The van der Waals surface area contributed by atoms with Gasteiger partial charge in [-0.2, -0.15) is 0 Å². The highest BCUT2D eigenvalue weighted by atomic mass is 16.6. The van der Waals surface area contributed by atoms with Crippen molar-refractivity contribution >= 4 is 17.9 Å². The molecule has 0 saturated carbocycles. The van der Waals surface area contributed by atoms with Gasteiger partial charge in [-0.15, -0.1) is 0 Å². The van der Waals surface area contributed by atoms with Gasteiger partial charge in [0.25, 0.3) is 0 Å². The van der Waals surface area contributed by atoms with Crippen LogP contribution in [-0.2, 0) is 28.6 Å². The first-order valence-corrected chi connectivity index (χ1v) is 28.2. The predicted octanol–water partition coefficient (Wildman–Crippen LogP) is 18.9. The molecule has 0 heterocycles. The van der Waals surface area contributed by atoms with Crippen LogP contribution in [0.25, 0.3) is 0 Å². The summed E-state index contributed by atoms with van der Waals surface area (Å²) in [4.78, 5) is 38.1. The van der Waals surface area contributed by atoms with Crippen LogP contribution in [-0.4, -0.2) is 37.2 Å². The molecule has 6 nitrogen and oxygen atoms in total. The molecule has 0 aromatic rings. The van der Waals surface area contributed by atoms with E-state index in [1.165, 1.54) is 109 Å². The summed E-state index contributed by atoms with van der Waals surface area (Å²) >= 11 is 0. The monoisotopic (exact) mass is 945 g/mol. The van der Waals surface area contributed by atoms with Crippen LogP contribution in [0.15, 0.2) is 97.2 Å². The van der Waals surface area contributed by atoms with Crippen LogP contribution in [0.5, 0.6) is 0 Å². The molecule has 68 heavy (non-hydrogen) atoms. The summed E-state index contributed by atoms with van der Waals surface area (Å²) in [5.74, 6) is -1.00. The molecule has 0 aliphatic carbocycles. The number of esters is 3. The van der Waals surface area contributed by atoms with E-state index in [1.807, 2.05) is 6.08 Å². The fraction of sp³-hybridized carbons (Fsp3) is 0.694. The summed E-state index contributed by atoms with van der Waals surface area (Å²) < 4.78 is 16.8. The Hall–Kier alpha value is -3.67. The summed E-state index contributed by atoms with van der Waals surface area (Å²) in [5.41, 5.74) is 0. The third-order valence-corrected chi connectivity index (χ3v) is 11.8. The maximum absolute atomic E-state index is 12.8. The molecule has 0 aromatic heterocycles. The average molecular weight is 946 g/mol. The van der Waals surface area contributed by atoms with Gasteiger partial charge in [0, 0.05) is 19.3 Å². The van der Waals surface area contributed by atoms with E-state index < -0.39 is 6.10 Å². The number of ether oxygens (including phenoxy) is 3. The number of rotatable bonds is 50. The van der Waals surface area contributed by atoms with E-state index in [4.69, 9.17) is 14.2 Å². The van der Waals surface area contributed by atoms with Crippen molar-refractivity contribution in [2.45, 2.75) is 264 Å². The van der Waals surface area contributed by atoms with E-state index in [1.54, 1.807) is 0 Å². The standard InChI is InChI=1S/C62H104O6/c1-4-7-10-13-16-19-22-25-28-30-31-33-34-37-40-43-46-49-52-55-61(64)67-58-59(57-66-60(63)54-51-48-45-42-39-36-27-24-21-18-15-12-9-6-3)68-62(65)56-53-50-47-44-41-38-35-32-29-26-23-20-17-14-11-8-5-2/h7,10,15-16,18-19,24-25,27-28,31,33,37,40,46,49,59H,4-6,8-9,11-14,17,20-23,26,29-30,32,34-36,38-39,41-45,47-48,50-58H2,1-3H3/b10-7-,18-15-,19-16-,27-24-,28-25-,33-31-,40-37-,49-46-. The van der Waals surface area contributed by atoms with E-state index in [9.17, 15) is 14.4 Å². The van der Waals surface area contributed by atoms with Crippen LogP contribution in [0.3, 0.4) is 0 Å².